The Kier molecular flexibility index (Phi) is 1.21. The van der Waals surface area contributed by atoms with Crippen LogP contribution in [0, 0.1) is 6.20 Å². The van der Waals surface area contributed by atoms with Crippen molar-refractivity contribution >= 4 is 17.4 Å². The van der Waals surface area contributed by atoms with Crippen molar-refractivity contribution in [1.29, 1.82) is 0 Å². The summed E-state index contributed by atoms with van der Waals surface area (Å²) in [6, 6.07) is 0. The van der Waals surface area contributed by atoms with Crippen molar-refractivity contribution in [2.75, 3.05) is 0 Å². The molecule has 4 nitrogen and oxygen atoms in total. The van der Waals surface area contributed by atoms with Crippen molar-refractivity contribution < 1.29 is 4.79 Å². The molecule has 0 aromatic carbocycles. The number of rotatable bonds is 1. The number of carbonyl (C=O) groups excluding carboxylic acids is 1. The lowest BCUT2D eigenvalue weighted by Gasteiger charge is -1.76. The van der Waals surface area contributed by atoms with Crippen molar-refractivity contribution in [2.24, 2.45) is 5.73 Å². The van der Waals surface area contributed by atoms with E-state index < -0.39 is 5.91 Å². The average Bonchev–Trinajstić information content (AvgIpc) is 2.12. The molecule has 2 N–H and O–H groups in total. The van der Waals surface area contributed by atoms with E-state index in [2.05, 4.69) is 15.8 Å². The van der Waals surface area contributed by atoms with E-state index in [0.29, 0.717) is 0 Å². The van der Waals surface area contributed by atoms with Crippen LogP contribution in [0.5, 0.6) is 0 Å². The molecule has 0 saturated heterocycles. The Morgan fingerprint density at radius 3 is 2.88 bits per heavy atom. The van der Waals surface area contributed by atoms with Crippen molar-refractivity contribution in [3.63, 3.8) is 0 Å². The van der Waals surface area contributed by atoms with Gasteiger partial charge in [0.05, 0.1) is 0 Å². The van der Waals surface area contributed by atoms with Gasteiger partial charge in [0.2, 0.25) is 0 Å². The van der Waals surface area contributed by atoms with Crippen LogP contribution in [0.3, 0.4) is 0 Å². The number of nitrogens with two attached hydrogens (primary N) is 1. The molecule has 0 aliphatic rings. The molecule has 8 heavy (non-hydrogen) atoms. The molecule has 1 heterocycles. The number of amides is 1. The van der Waals surface area contributed by atoms with Crippen molar-refractivity contribution in [1.82, 2.24) is 9.59 Å². The largest absolute Gasteiger partial charge is 0.365 e. The summed E-state index contributed by atoms with van der Waals surface area (Å²) in [6.07, 6.45) is 2.32. The van der Waals surface area contributed by atoms with Crippen molar-refractivity contribution in [3.05, 3.63) is 11.1 Å². The maximum absolute atomic E-state index is 10.2. The minimum Gasteiger partial charge on any atom is -0.365 e. The summed E-state index contributed by atoms with van der Waals surface area (Å²) < 4.78 is 3.38. The molecule has 1 rings (SSSR count). The fraction of sp³-hybridized carbons (Fsp3) is 0. The van der Waals surface area contributed by atoms with Crippen LogP contribution in [0.1, 0.15) is 9.67 Å². The van der Waals surface area contributed by atoms with Gasteiger partial charge in [-0.2, -0.15) is 0 Å². The van der Waals surface area contributed by atoms with Crippen LogP contribution in [0.2, 0.25) is 0 Å². The van der Waals surface area contributed by atoms with Crippen molar-refractivity contribution in [3.8, 4) is 0 Å². The number of primary amides is 1. The normalized spacial score (nSPS) is 9.00. The smallest absolute Gasteiger partial charge is 0.262 e. The van der Waals surface area contributed by atoms with Crippen LogP contribution in [0.4, 0.5) is 0 Å². The zero-order valence-electron chi connectivity index (χ0n) is 3.79. The molecular formula is C3H2N3OS. The zero-order valence-corrected chi connectivity index (χ0v) is 4.60. The summed E-state index contributed by atoms with van der Waals surface area (Å²) in [5.41, 5.74) is 4.82. The third kappa shape index (κ3) is 0.812. The lowest BCUT2D eigenvalue weighted by Crippen LogP contribution is -2.08. The number of nitrogens with zero attached hydrogens (tertiary/aromatic N) is 2. The van der Waals surface area contributed by atoms with Gasteiger partial charge in [-0.3, -0.25) is 4.79 Å². The number of hydrogen-bond donors (Lipinski definition) is 1. The fourth-order valence-corrected chi connectivity index (χ4v) is 0.582. The maximum atomic E-state index is 10.2. The third-order valence-corrected chi connectivity index (χ3v) is 1.19. The molecule has 1 radical (unpaired) electrons. The van der Waals surface area contributed by atoms with Gasteiger partial charge in [-0.15, -0.1) is 5.10 Å². The SMILES string of the molecule is NC(=O)c1[c]nns1. The van der Waals surface area contributed by atoms with E-state index >= 15 is 0 Å². The molecule has 0 atom stereocenters. The highest BCUT2D eigenvalue weighted by Crippen LogP contribution is 1.96. The third-order valence-electron chi connectivity index (χ3n) is 0.548. The van der Waals surface area contributed by atoms with Gasteiger partial charge >= 0.3 is 0 Å². The van der Waals surface area contributed by atoms with E-state index in [4.69, 9.17) is 5.73 Å². The van der Waals surface area contributed by atoms with Gasteiger partial charge in [-0.1, -0.05) is 4.49 Å². The van der Waals surface area contributed by atoms with E-state index in [0.717, 1.165) is 11.5 Å². The Bertz CT molecular complexity index is 182. The predicted octanol–water partition coefficient (Wildman–Crippen LogP) is -0.563. The molecule has 1 aromatic heterocycles. The minimum absolute atomic E-state index is 0.269. The first kappa shape index (κ1) is 5.17. The van der Waals surface area contributed by atoms with Gasteiger partial charge in [0.25, 0.3) is 5.91 Å². The second-order valence-corrected chi connectivity index (χ2v) is 1.83. The Balaban J connectivity index is 2.93. The molecular weight excluding hydrogens is 126 g/mol. The predicted molar refractivity (Wildman–Crippen MR) is 27.3 cm³/mol. The molecule has 1 amide bonds. The summed E-state index contributed by atoms with van der Waals surface area (Å²) >= 11 is 0.940. The van der Waals surface area contributed by atoms with Crippen LogP contribution in [-0.2, 0) is 0 Å². The molecule has 41 valence electrons. The van der Waals surface area contributed by atoms with Gasteiger partial charge in [-0.05, 0) is 11.5 Å². The molecule has 5 heteroatoms. The zero-order chi connectivity index (χ0) is 5.98. The Morgan fingerprint density at radius 1 is 1.88 bits per heavy atom. The Hall–Kier alpha value is -0.970. The fourth-order valence-electron chi connectivity index (χ4n) is 0.248. The number of carbonyl (C=O) groups is 1. The summed E-state index contributed by atoms with van der Waals surface area (Å²) in [5.74, 6) is -0.528. The molecule has 1 aromatic rings. The Labute approximate surface area is 49.5 Å². The van der Waals surface area contributed by atoms with Gasteiger partial charge < -0.3 is 5.73 Å². The maximum Gasteiger partial charge on any atom is 0.262 e. The second kappa shape index (κ2) is 1.87. The number of aromatic nitrogens is 2. The second-order valence-electron chi connectivity index (χ2n) is 1.08. The Morgan fingerprint density at radius 2 is 2.62 bits per heavy atom. The van der Waals surface area contributed by atoms with E-state index in [9.17, 15) is 4.79 Å². The van der Waals surface area contributed by atoms with Gasteiger partial charge in [0.1, 0.15) is 11.1 Å². The van der Waals surface area contributed by atoms with Crippen LogP contribution < -0.4 is 5.73 Å². The summed E-state index contributed by atoms with van der Waals surface area (Å²) in [5, 5.41) is 3.29. The topological polar surface area (TPSA) is 68.9 Å². The van der Waals surface area contributed by atoms with E-state index in [-0.39, 0.29) is 4.88 Å². The van der Waals surface area contributed by atoms with Crippen LogP contribution in [0.15, 0.2) is 0 Å². The summed E-state index contributed by atoms with van der Waals surface area (Å²) in [6.45, 7) is 0. The quantitative estimate of drug-likeness (QED) is 0.551. The standard InChI is InChI=1S/C3H2N3OS/c4-3(7)2-1-5-6-8-2/h(H2,4,7). The summed E-state index contributed by atoms with van der Waals surface area (Å²) in [7, 11) is 0. The first-order chi connectivity index (χ1) is 3.80. The van der Waals surface area contributed by atoms with E-state index in [1.165, 1.54) is 0 Å². The number of hydrogen-bond acceptors (Lipinski definition) is 4. The molecule has 0 fully saturated rings. The van der Waals surface area contributed by atoms with E-state index in [1.807, 2.05) is 0 Å². The molecule has 0 saturated carbocycles. The van der Waals surface area contributed by atoms with Crippen LogP contribution >= 0.6 is 11.5 Å². The van der Waals surface area contributed by atoms with Crippen molar-refractivity contribution in [2.45, 2.75) is 0 Å². The first-order valence-electron chi connectivity index (χ1n) is 1.80. The first-order valence-corrected chi connectivity index (χ1v) is 2.58. The monoisotopic (exact) mass is 128 g/mol. The van der Waals surface area contributed by atoms with Gasteiger partial charge in [0, 0.05) is 0 Å². The molecule has 0 bridgehead atoms. The lowest BCUT2D eigenvalue weighted by atomic mass is 10.5. The molecule has 0 spiro atoms. The highest BCUT2D eigenvalue weighted by Gasteiger charge is 2.00. The van der Waals surface area contributed by atoms with Crippen LogP contribution in [0.25, 0.3) is 0 Å². The summed E-state index contributed by atoms with van der Waals surface area (Å²) in [4.78, 5) is 10.5. The highest BCUT2D eigenvalue weighted by molar-refractivity contribution is 7.07. The average molecular weight is 128 g/mol. The van der Waals surface area contributed by atoms with E-state index in [1.54, 1.807) is 0 Å². The highest BCUT2D eigenvalue weighted by atomic mass is 32.1. The van der Waals surface area contributed by atoms with Gasteiger partial charge in [0.15, 0.2) is 0 Å². The van der Waals surface area contributed by atoms with Crippen LogP contribution in [-0.4, -0.2) is 15.5 Å². The molecule has 0 aliphatic heterocycles. The lowest BCUT2D eigenvalue weighted by molar-refractivity contribution is 0.100. The molecule has 0 unspecified atom stereocenters. The minimum atomic E-state index is -0.528. The molecule has 0 aliphatic carbocycles. The van der Waals surface area contributed by atoms with Gasteiger partial charge in [-0.25, -0.2) is 0 Å².